The fraction of sp³-hybridized carbons (Fsp3) is 0.651. The lowest BCUT2D eigenvalue weighted by molar-refractivity contribution is -0.150. The Kier molecular flexibility index (Phi) is 15.9. The van der Waals surface area contributed by atoms with Gasteiger partial charge in [0.2, 0.25) is 18.0 Å². The standard InChI is InChI=1S/C43H60F2N4O7/c1-4-5-6-7-8-9-10-11-12-13-14-15-16-17-18-19-37(50)54-29-55-40-38-42(53)48-28-36(43(23-22-31(48)3)25-30(2)47-56-43)49(38)27-34(39(40)51)41(52)46-26-32-20-21-33(44)24-35(32)45/h20-21,24,27,31,36H,4-19,22-23,25-26,28-29H2,1-3H3,(H,46,52)/t31-,36+,43-/m0/s1. The van der Waals surface area contributed by atoms with E-state index < -0.39 is 59.0 Å². The molecule has 1 fully saturated rings. The summed E-state index contributed by atoms with van der Waals surface area (Å²) in [5.41, 5.74) is -1.38. The van der Waals surface area contributed by atoms with Crippen LogP contribution in [0.1, 0.15) is 175 Å². The maximum absolute atomic E-state index is 14.4. The van der Waals surface area contributed by atoms with Crippen molar-refractivity contribution in [2.45, 2.75) is 167 Å². The summed E-state index contributed by atoms with van der Waals surface area (Å²) in [6, 6.07) is 2.25. The number of carbonyl (C=O) groups is 3. The lowest BCUT2D eigenvalue weighted by Gasteiger charge is -2.42. The summed E-state index contributed by atoms with van der Waals surface area (Å²) in [4.78, 5) is 62.1. The summed E-state index contributed by atoms with van der Waals surface area (Å²) >= 11 is 0. The molecule has 308 valence electrons. The van der Waals surface area contributed by atoms with Crippen LogP contribution in [0.15, 0.2) is 34.3 Å². The van der Waals surface area contributed by atoms with Crippen LogP contribution in [0.5, 0.6) is 5.75 Å². The first-order valence-corrected chi connectivity index (χ1v) is 20.9. The molecule has 3 aliphatic heterocycles. The van der Waals surface area contributed by atoms with Gasteiger partial charge in [-0.1, -0.05) is 108 Å². The Labute approximate surface area is 329 Å². The number of pyridine rings is 1. The molecule has 5 rings (SSSR count). The third-order valence-electron chi connectivity index (χ3n) is 11.5. The number of oxime groups is 1. The summed E-state index contributed by atoms with van der Waals surface area (Å²) in [6.07, 6.45) is 21.3. The number of unbranched alkanes of at least 4 members (excludes halogenated alkanes) is 14. The van der Waals surface area contributed by atoms with E-state index in [-0.39, 0.29) is 42.4 Å². The maximum Gasteiger partial charge on any atom is 0.308 e. The second-order valence-corrected chi connectivity index (χ2v) is 15.9. The van der Waals surface area contributed by atoms with Crippen LogP contribution < -0.4 is 15.5 Å². The van der Waals surface area contributed by atoms with Crippen molar-refractivity contribution in [3.63, 3.8) is 0 Å². The molecule has 13 heteroatoms. The number of ether oxygens (including phenoxy) is 2. The minimum atomic E-state index is -0.888. The van der Waals surface area contributed by atoms with Gasteiger partial charge in [0.05, 0.1) is 11.8 Å². The highest BCUT2D eigenvalue weighted by Crippen LogP contribution is 2.46. The minimum Gasteiger partial charge on any atom is -0.451 e. The van der Waals surface area contributed by atoms with Crippen LogP contribution in [0, 0.1) is 11.6 Å². The molecule has 4 heterocycles. The highest BCUT2D eigenvalue weighted by Gasteiger charge is 2.54. The maximum atomic E-state index is 14.4. The van der Waals surface area contributed by atoms with Gasteiger partial charge in [0.1, 0.15) is 17.2 Å². The molecule has 2 aromatic rings. The first-order chi connectivity index (χ1) is 27.0. The highest BCUT2D eigenvalue weighted by atomic mass is 19.1. The topological polar surface area (TPSA) is 129 Å². The second-order valence-electron chi connectivity index (χ2n) is 15.9. The van der Waals surface area contributed by atoms with E-state index >= 15 is 0 Å². The monoisotopic (exact) mass is 782 g/mol. The predicted molar refractivity (Wildman–Crippen MR) is 210 cm³/mol. The van der Waals surface area contributed by atoms with Crippen LogP contribution in [0.4, 0.5) is 8.78 Å². The van der Waals surface area contributed by atoms with Crippen LogP contribution in [0.3, 0.4) is 0 Å². The van der Waals surface area contributed by atoms with Gasteiger partial charge >= 0.3 is 5.97 Å². The van der Waals surface area contributed by atoms with E-state index in [1.165, 1.54) is 82.9 Å². The normalized spacial score (nSPS) is 20.0. The average Bonchev–Trinajstić information content (AvgIpc) is 3.51. The molecule has 3 aliphatic rings. The van der Waals surface area contributed by atoms with E-state index in [1.54, 1.807) is 9.47 Å². The number of nitrogens with zero attached hydrogens (tertiary/aromatic N) is 3. The molecule has 0 radical (unpaired) electrons. The number of esters is 1. The van der Waals surface area contributed by atoms with Crippen LogP contribution in [-0.2, 0) is 20.9 Å². The lowest BCUT2D eigenvalue weighted by Crippen LogP contribution is -2.52. The van der Waals surface area contributed by atoms with E-state index in [9.17, 15) is 28.0 Å². The zero-order chi connectivity index (χ0) is 40.1. The van der Waals surface area contributed by atoms with Crippen molar-refractivity contribution in [1.29, 1.82) is 0 Å². The van der Waals surface area contributed by atoms with Gasteiger partial charge in [0, 0.05) is 49.8 Å². The van der Waals surface area contributed by atoms with Crippen molar-refractivity contribution in [2.24, 2.45) is 5.16 Å². The molecule has 3 atom stereocenters. The summed E-state index contributed by atoms with van der Waals surface area (Å²) < 4.78 is 40.6. The number of carbonyl (C=O) groups excluding carboxylic acids is 3. The van der Waals surface area contributed by atoms with Gasteiger partial charge in [-0.15, -0.1) is 0 Å². The minimum absolute atomic E-state index is 0.0183. The van der Waals surface area contributed by atoms with E-state index in [0.717, 1.165) is 31.0 Å². The van der Waals surface area contributed by atoms with Gasteiger partial charge < -0.3 is 29.1 Å². The molecule has 1 aromatic carbocycles. The molecule has 1 aromatic heterocycles. The molecule has 1 spiro atoms. The number of aromatic nitrogens is 1. The zero-order valence-corrected chi connectivity index (χ0v) is 33.5. The SMILES string of the molecule is CCCCCCCCCCCCCCCCCC(=O)OCOc1c2n(cc(C(=O)NCc3ccc(F)cc3F)c1=O)[C@@H]1CN(C2=O)[C@@H](C)CC[C@]12CC(C)=NO2. The van der Waals surface area contributed by atoms with E-state index in [0.29, 0.717) is 31.7 Å². The highest BCUT2D eigenvalue weighted by molar-refractivity contribution is 5.99. The number of rotatable bonds is 22. The Morgan fingerprint density at radius 3 is 2.21 bits per heavy atom. The van der Waals surface area contributed by atoms with Gasteiger partial charge in [0.25, 0.3) is 11.8 Å². The molecule has 11 nitrogen and oxygen atoms in total. The van der Waals surface area contributed by atoms with Crippen molar-refractivity contribution < 1.29 is 37.5 Å². The van der Waals surface area contributed by atoms with E-state index in [1.807, 2.05) is 13.8 Å². The fourth-order valence-electron chi connectivity index (χ4n) is 8.21. The van der Waals surface area contributed by atoms with E-state index in [2.05, 4.69) is 17.4 Å². The van der Waals surface area contributed by atoms with Crippen LogP contribution in [-0.4, -0.2) is 57.9 Å². The fourth-order valence-corrected chi connectivity index (χ4v) is 8.21. The molecule has 0 saturated carbocycles. The Morgan fingerprint density at radius 2 is 1.61 bits per heavy atom. The van der Waals surface area contributed by atoms with Crippen LogP contribution in [0.25, 0.3) is 0 Å². The molecule has 1 saturated heterocycles. The molecule has 2 amide bonds. The third-order valence-corrected chi connectivity index (χ3v) is 11.5. The van der Waals surface area contributed by atoms with Crippen LogP contribution >= 0.6 is 0 Å². The van der Waals surface area contributed by atoms with E-state index in [4.69, 9.17) is 14.3 Å². The number of hydrogen-bond acceptors (Lipinski definition) is 8. The summed E-state index contributed by atoms with van der Waals surface area (Å²) in [5.74, 6) is -3.84. The molecule has 0 aliphatic carbocycles. The summed E-state index contributed by atoms with van der Waals surface area (Å²) in [7, 11) is 0. The third kappa shape index (κ3) is 11.0. The number of nitrogens with one attached hydrogen (secondary N) is 1. The first-order valence-electron chi connectivity index (χ1n) is 20.9. The first kappa shape index (κ1) is 42.8. The van der Waals surface area contributed by atoms with Gasteiger partial charge in [-0.25, -0.2) is 8.78 Å². The number of halogens is 2. The molecule has 0 unspecified atom stereocenters. The predicted octanol–water partition coefficient (Wildman–Crippen LogP) is 8.91. The Hall–Kier alpha value is -4.29. The zero-order valence-electron chi connectivity index (χ0n) is 33.5. The summed E-state index contributed by atoms with van der Waals surface area (Å²) in [5, 5.41) is 6.78. The quantitative estimate of drug-likeness (QED) is 0.0718. The second kappa shape index (κ2) is 20.8. The van der Waals surface area contributed by atoms with Gasteiger partial charge in [-0.3, -0.25) is 19.2 Å². The molecular weight excluding hydrogens is 722 g/mol. The van der Waals surface area contributed by atoms with Gasteiger partial charge in [-0.05, 0) is 39.2 Å². The molecule has 2 bridgehead atoms. The van der Waals surface area contributed by atoms with Crippen molar-refractivity contribution >= 4 is 23.5 Å². The summed E-state index contributed by atoms with van der Waals surface area (Å²) in [6.45, 7) is 5.32. The molecular formula is C43H60F2N4O7. The number of amides is 2. The van der Waals surface area contributed by atoms with Crippen molar-refractivity contribution in [3.05, 3.63) is 63.1 Å². The lowest BCUT2D eigenvalue weighted by atomic mass is 9.84. The van der Waals surface area contributed by atoms with Gasteiger partial charge in [0.15, 0.2) is 11.3 Å². The smallest absolute Gasteiger partial charge is 0.308 e. The number of benzene rings is 1. The van der Waals surface area contributed by atoms with Gasteiger partial charge in [-0.2, -0.15) is 0 Å². The molecule has 56 heavy (non-hydrogen) atoms. The van der Waals surface area contributed by atoms with Crippen LogP contribution in [0.2, 0.25) is 0 Å². The number of hydrogen-bond donors (Lipinski definition) is 1. The Bertz CT molecular complexity index is 1760. The van der Waals surface area contributed by atoms with Crippen molar-refractivity contribution in [2.75, 3.05) is 13.3 Å². The number of fused-ring (bicyclic) bond motifs is 5. The van der Waals surface area contributed by atoms with Crippen molar-refractivity contribution in [3.8, 4) is 5.75 Å². The average molecular weight is 783 g/mol. The largest absolute Gasteiger partial charge is 0.451 e. The Balaban J connectivity index is 1.19. The Morgan fingerprint density at radius 1 is 0.964 bits per heavy atom. The van der Waals surface area contributed by atoms with Crippen molar-refractivity contribution in [1.82, 2.24) is 14.8 Å². The molecule has 1 N–H and O–H groups in total.